The summed E-state index contributed by atoms with van der Waals surface area (Å²) in [7, 11) is 0. The largest absolute Gasteiger partial charge is 0.321 e. The van der Waals surface area contributed by atoms with Crippen molar-refractivity contribution in [3.8, 4) is 0 Å². The molecule has 0 atom stereocenters. The van der Waals surface area contributed by atoms with Crippen LogP contribution in [0, 0.1) is 13.7 Å². The third-order valence-corrected chi connectivity index (χ3v) is 5.87. The van der Waals surface area contributed by atoms with Gasteiger partial charge in [-0.2, -0.15) is 0 Å². The van der Waals surface area contributed by atoms with E-state index in [1.165, 1.54) is 35.2 Å². The fourth-order valence-electron chi connectivity index (χ4n) is 1.95. The van der Waals surface area contributed by atoms with Crippen LogP contribution in [0.2, 0.25) is 0 Å². The van der Waals surface area contributed by atoms with E-state index < -0.39 is 10.8 Å². The summed E-state index contributed by atoms with van der Waals surface area (Å²) in [6.07, 6.45) is 0. The number of para-hydroxylation sites is 1. The predicted octanol–water partition coefficient (Wildman–Crippen LogP) is 4.45. The number of halogens is 1. The molecule has 25 heavy (non-hydrogen) atoms. The van der Waals surface area contributed by atoms with Crippen molar-refractivity contribution in [3.05, 3.63) is 67.2 Å². The number of amides is 1. The van der Waals surface area contributed by atoms with Gasteiger partial charge in [0.25, 0.3) is 11.6 Å². The molecule has 0 saturated heterocycles. The van der Waals surface area contributed by atoms with E-state index in [0.29, 0.717) is 9.26 Å². The van der Waals surface area contributed by atoms with Crippen molar-refractivity contribution in [1.82, 2.24) is 10.2 Å². The maximum Gasteiger partial charge on any atom is 0.270 e. The van der Waals surface area contributed by atoms with Crippen LogP contribution < -0.4 is 5.32 Å². The second-order valence-electron chi connectivity index (χ2n) is 4.68. The number of anilines is 1. The highest BCUT2D eigenvalue weighted by atomic mass is 127. The predicted molar refractivity (Wildman–Crippen MR) is 104 cm³/mol. The number of hydrogen-bond donors (Lipinski definition) is 1. The van der Waals surface area contributed by atoms with Gasteiger partial charge < -0.3 is 5.32 Å². The highest BCUT2D eigenvalue weighted by Gasteiger charge is 2.17. The molecule has 0 fully saturated rings. The lowest BCUT2D eigenvalue weighted by Crippen LogP contribution is -2.14. The van der Waals surface area contributed by atoms with Gasteiger partial charge in [0.2, 0.25) is 0 Å². The normalized spacial score (nSPS) is 10.4. The fraction of sp³-hybridized carbons (Fsp3) is 0. The topological polar surface area (TPSA) is 98.0 Å². The van der Waals surface area contributed by atoms with Gasteiger partial charge in [0.15, 0.2) is 4.34 Å². The summed E-state index contributed by atoms with van der Waals surface area (Å²) in [4.78, 5) is 23.8. The van der Waals surface area contributed by atoms with Gasteiger partial charge in [-0.05, 0) is 40.8 Å². The molecule has 1 N–H and O–H groups in total. The second kappa shape index (κ2) is 7.89. The van der Waals surface area contributed by atoms with Crippen LogP contribution >= 0.6 is 45.7 Å². The first-order valence-corrected chi connectivity index (χ1v) is 9.60. The van der Waals surface area contributed by atoms with Crippen LogP contribution in [0.5, 0.6) is 0 Å². The van der Waals surface area contributed by atoms with Crippen molar-refractivity contribution in [1.29, 1.82) is 0 Å². The van der Waals surface area contributed by atoms with Crippen molar-refractivity contribution < 1.29 is 9.72 Å². The molecular weight excluding hydrogens is 475 g/mol. The van der Waals surface area contributed by atoms with Crippen LogP contribution in [0.15, 0.2) is 57.2 Å². The Hall–Kier alpha value is -2.05. The highest BCUT2D eigenvalue weighted by molar-refractivity contribution is 14.1. The molecule has 2 aromatic carbocycles. The van der Waals surface area contributed by atoms with E-state index in [2.05, 4.69) is 15.5 Å². The molecule has 0 aliphatic heterocycles. The Morgan fingerprint density at radius 2 is 2.08 bits per heavy atom. The minimum Gasteiger partial charge on any atom is -0.321 e. The van der Waals surface area contributed by atoms with E-state index >= 15 is 0 Å². The SMILES string of the molecule is O=C(Nc1ccccc1Sc1nncs1)c1cc([N+](=O)[O-])ccc1I. The number of rotatable bonds is 5. The van der Waals surface area contributed by atoms with E-state index in [-0.39, 0.29) is 11.3 Å². The first-order chi connectivity index (χ1) is 12.0. The zero-order valence-electron chi connectivity index (χ0n) is 12.4. The van der Waals surface area contributed by atoms with Crippen LogP contribution in [-0.2, 0) is 0 Å². The van der Waals surface area contributed by atoms with Gasteiger partial charge in [0.1, 0.15) is 5.51 Å². The van der Waals surface area contributed by atoms with E-state index in [1.54, 1.807) is 23.7 Å². The van der Waals surface area contributed by atoms with Crippen molar-refractivity contribution in [3.63, 3.8) is 0 Å². The molecule has 10 heteroatoms. The van der Waals surface area contributed by atoms with Gasteiger partial charge in [0.05, 0.1) is 16.2 Å². The highest BCUT2D eigenvalue weighted by Crippen LogP contribution is 2.34. The number of nitro benzene ring substituents is 1. The van der Waals surface area contributed by atoms with Gasteiger partial charge in [0, 0.05) is 20.6 Å². The second-order valence-corrected chi connectivity index (χ2v) is 7.96. The first-order valence-electron chi connectivity index (χ1n) is 6.83. The van der Waals surface area contributed by atoms with Crippen LogP contribution in [-0.4, -0.2) is 21.0 Å². The van der Waals surface area contributed by atoms with E-state index in [9.17, 15) is 14.9 Å². The third kappa shape index (κ3) is 4.32. The lowest BCUT2D eigenvalue weighted by atomic mass is 10.2. The Kier molecular flexibility index (Phi) is 5.60. The minimum atomic E-state index is -0.522. The number of nitrogens with zero attached hydrogens (tertiary/aromatic N) is 3. The summed E-state index contributed by atoms with van der Waals surface area (Å²) < 4.78 is 1.39. The lowest BCUT2D eigenvalue weighted by molar-refractivity contribution is -0.384. The first kappa shape index (κ1) is 17.8. The lowest BCUT2D eigenvalue weighted by Gasteiger charge is -2.10. The number of aromatic nitrogens is 2. The summed E-state index contributed by atoms with van der Waals surface area (Å²) in [5, 5.41) is 21.5. The summed E-state index contributed by atoms with van der Waals surface area (Å²) in [6, 6.07) is 11.5. The number of hydrogen-bond acceptors (Lipinski definition) is 7. The standard InChI is InChI=1S/C15H9IN4O3S2/c16-11-6-5-9(20(22)23)7-10(11)14(21)18-12-3-1-2-4-13(12)25-15-19-17-8-24-15/h1-8H,(H,18,21). The molecular formula is C15H9IN4O3S2. The molecule has 1 amide bonds. The van der Waals surface area contributed by atoms with Gasteiger partial charge in [-0.1, -0.05) is 35.2 Å². The molecule has 1 heterocycles. The van der Waals surface area contributed by atoms with Gasteiger partial charge in [-0.25, -0.2) is 0 Å². The molecule has 0 spiro atoms. The van der Waals surface area contributed by atoms with Crippen molar-refractivity contribution >= 4 is 63.0 Å². The molecule has 0 radical (unpaired) electrons. The van der Waals surface area contributed by atoms with Gasteiger partial charge in [-0.3, -0.25) is 14.9 Å². The molecule has 126 valence electrons. The van der Waals surface area contributed by atoms with E-state index in [4.69, 9.17) is 0 Å². The zero-order chi connectivity index (χ0) is 17.8. The maximum absolute atomic E-state index is 12.6. The minimum absolute atomic E-state index is 0.123. The molecule has 0 unspecified atom stereocenters. The number of carbonyl (C=O) groups is 1. The smallest absolute Gasteiger partial charge is 0.270 e. The summed E-state index contributed by atoms with van der Waals surface area (Å²) in [5.41, 5.74) is 2.37. The Bertz CT molecular complexity index is 934. The summed E-state index contributed by atoms with van der Waals surface area (Å²) in [6.45, 7) is 0. The maximum atomic E-state index is 12.6. The molecule has 0 bridgehead atoms. The number of non-ortho nitro benzene ring substituents is 1. The molecule has 3 rings (SSSR count). The number of benzene rings is 2. The zero-order valence-corrected chi connectivity index (χ0v) is 16.2. The average molecular weight is 484 g/mol. The Balaban J connectivity index is 1.87. The molecule has 0 saturated carbocycles. The van der Waals surface area contributed by atoms with Crippen molar-refractivity contribution in [2.45, 2.75) is 9.24 Å². The monoisotopic (exact) mass is 484 g/mol. The van der Waals surface area contributed by atoms with E-state index in [1.807, 2.05) is 34.7 Å². The van der Waals surface area contributed by atoms with Crippen molar-refractivity contribution in [2.75, 3.05) is 5.32 Å². The summed E-state index contributed by atoms with van der Waals surface area (Å²) in [5.74, 6) is -0.404. The van der Waals surface area contributed by atoms with Crippen LogP contribution in [0.4, 0.5) is 11.4 Å². The average Bonchev–Trinajstić information content (AvgIpc) is 3.09. The molecule has 1 aromatic heterocycles. The van der Waals surface area contributed by atoms with Crippen molar-refractivity contribution in [2.24, 2.45) is 0 Å². The van der Waals surface area contributed by atoms with Gasteiger partial charge in [-0.15, -0.1) is 10.2 Å². The number of nitro groups is 1. The number of nitrogens with one attached hydrogen (secondary N) is 1. The quantitative estimate of drug-likeness (QED) is 0.327. The van der Waals surface area contributed by atoms with Gasteiger partial charge >= 0.3 is 0 Å². The Labute approximate surface area is 164 Å². The van der Waals surface area contributed by atoms with E-state index in [0.717, 1.165) is 9.24 Å². The number of carbonyl (C=O) groups excluding carboxylic acids is 1. The molecule has 7 nitrogen and oxygen atoms in total. The Morgan fingerprint density at radius 1 is 1.28 bits per heavy atom. The molecule has 0 aliphatic carbocycles. The molecule has 3 aromatic rings. The Morgan fingerprint density at radius 3 is 2.80 bits per heavy atom. The van der Waals surface area contributed by atoms with Crippen LogP contribution in [0.3, 0.4) is 0 Å². The summed E-state index contributed by atoms with van der Waals surface area (Å²) >= 11 is 4.77. The third-order valence-electron chi connectivity index (χ3n) is 3.08. The van der Waals surface area contributed by atoms with Crippen LogP contribution in [0.25, 0.3) is 0 Å². The molecule has 0 aliphatic rings. The van der Waals surface area contributed by atoms with Crippen LogP contribution in [0.1, 0.15) is 10.4 Å². The fourth-order valence-corrected chi connectivity index (χ4v) is 4.05.